The van der Waals surface area contributed by atoms with Crippen molar-refractivity contribution in [2.45, 2.75) is 0 Å². The molecule has 7 nitrogen and oxygen atoms in total. The quantitative estimate of drug-likeness (QED) is 0.430. The van der Waals surface area contributed by atoms with Crippen LogP contribution in [0.1, 0.15) is 0 Å². The van der Waals surface area contributed by atoms with Crippen molar-refractivity contribution in [1.82, 2.24) is 19.9 Å². The lowest BCUT2D eigenvalue weighted by molar-refractivity contribution is 0.229. The summed E-state index contributed by atoms with van der Waals surface area (Å²) in [5.41, 5.74) is 5.12. The lowest BCUT2D eigenvalue weighted by Crippen LogP contribution is -2.29. The number of hydrogen-bond acceptors (Lipinski definition) is 5. The van der Waals surface area contributed by atoms with Gasteiger partial charge in [-0.1, -0.05) is 60.1 Å². The van der Waals surface area contributed by atoms with Crippen LogP contribution in [-0.2, 0) is 0 Å². The number of likely N-dealkylation sites (N-methyl/N-ethyl adjacent to an activating group) is 1. The molecular formula is C25H21ClN6O. The summed E-state index contributed by atoms with van der Waals surface area (Å²) >= 11 is 6.46. The molecular weight excluding hydrogens is 436 g/mol. The zero-order chi connectivity index (χ0) is 22.8. The molecule has 0 aliphatic carbocycles. The average Bonchev–Trinajstić information content (AvgIpc) is 3.19. The maximum atomic E-state index is 12.3. The Hall–Kier alpha value is -3.97. The van der Waals surface area contributed by atoms with Gasteiger partial charge in [0.05, 0.1) is 40.7 Å². The zero-order valence-electron chi connectivity index (χ0n) is 17.9. The van der Waals surface area contributed by atoms with Gasteiger partial charge in [-0.3, -0.25) is 9.88 Å². The van der Waals surface area contributed by atoms with E-state index in [1.54, 1.807) is 35.4 Å². The first kappa shape index (κ1) is 20.9. The van der Waals surface area contributed by atoms with Crippen LogP contribution >= 0.6 is 11.6 Å². The van der Waals surface area contributed by atoms with Gasteiger partial charge in [0.25, 0.3) is 0 Å². The fourth-order valence-electron chi connectivity index (χ4n) is 3.77. The summed E-state index contributed by atoms with van der Waals surface area (Å²) in [6.45, 7) is 1.31. The van der Waals surface area contributed by atoms with Gasteiger partial charge in [-0.25, -0.2) is 14.8 Å². The van der Waals surface area contributed by atoms with Crippen LogP contribution < -0.4 is 10.2 Å². The van der Waals surface area contributed by atoms with Gasteiger partial charge in [-0.2, -0.15) is 0 Å². The Labute approximate surface area is 196 Å². The highest BCUT2D eigenvalue weighted by atomic mass is 35.5. The van der Waals surface area contributed by atoms with Crippen LogP contribution in [-0.4, -0.2) is 46.0 Å². The molecule has 1 aliphatic rings. The van der Waals surface area contributed by atoms with E-state index < -0.39 is 0 Å². The number of nitrogens with one attached hydrogen (secondary N) is 1. The van der Waals surface area contributed by atoms with Gasteiger partial charge in [0.15, 0.2) is 0 Å². The highest BCUT2D eigenvalue weighted by molar-refractivity contribution is 6.32. The first-order chi connectivity index (χ1) is 16.1. The average molecular weight is 457 g/mol. The monoisotopic (exact) mass is 456 g/mol. The number of amides is 2. The largest absolute Gasteiger partial charge is 0.326 e. The van der Waals surface area contributed by atoms with Crippen LogP contribution in [0.25, 0.3) is 22.4 Å². The van der Waals surface area contributed by atoms with Crippen molar-refractivity contribution in [1.29, 1.82) is 0 Å². The van der Waals surface area contributed by atoms with E-state index in [0.29, 0.717) is 35.4 Å². The molecule has 164 valence electrons. The van der Waals surface area contributed by atoms with E-state index in [-0.39, 0.29) is 6.03 Å². The second-order valence-corrected chi connectivity index (χ2v) is 8.16. The number of nitrogens with zero attached hydrogens (tertiary/aromatic N) is 5. The summed E-state index contributed by atoms with van der Waals surface area (Å²) in [7, 11) is 1.79. The first-order valence-corrected chi connectivity index (χ1v) is 10.9. The molecule has 1 fully saturated rings. The van der Waals surface area contributed by atoms with Crippen molar-refractivity contribution in [3.63, 3.8) is 0 Å². The number of anilines is 3. The summed E-state index contributed by atoms with van der Waals surface area (Å²) < 4.78 is 0. The van der Waals surface area contributed by atoms with E-state index in [4.69, 9.17) is 11.6 Å². The molecule has 0 bridgehead atoms. The Morgan fingerprint density at radius 3 is 2.48 bits per heavy atom. The molecule has 0 radical (unpaired) electrons. The van der Waals surface area contributed by atoms with E-state index in [0.717, 1.165) is 22.4 Å². The Morgan fingerprint density at radius 1 is 0.909 bits per heavy atom. The molecule has 0 unspecified atom stereocenters. The number of aromatic nitrogens is 3. The fraction of sp³-hybridized carbons (Fsp3) is 0.120. The van der Waals surface area contributed by atoms with Crippen molar-refractivity contribution < 1.29 is 4.79 Å². The van der Waals surface area contributed by atoms with Gasteiger partial charge in [-0.15, -0.1) is 0 Å². The Morgan fingerprint density at radius 2 is 1.70 bits per heavy atom. The second kappa shape index (κ2) is 8.88. The molecule has 1 N–H and O–H groups in total. The van der Waals surface area contributed by atoms with Crippen molar-refractivity contribution in [2.24, 2.45) is 0 Å². The van der Waals surface area contributed by atoms with E-state index >= 15 is 0 Å². The number of carbonyl (C=O) groups excluding carboxylic acids is 1. The summed E-state index contributed by atoms with van der Waals surface area (Å²) in [6.07, 6.45) is 4.92. The van der Waals surface area contributed by atoms with Crippen molar-refractivity contribution in [2.75, 3.05) is 30.4 Å². The normalized spacial score (nSPS) is 13.5. The van der Waals surface area contributed by atoms with Crippen LogP contribution in [0.2, 0.25) is 5.02 Å². The van der Waals surface area contributed by atoms with Gasteiger partial charge in [-0.05, 0) is 23.3 Å². The van der Waals surface area contributed by atoms with E-state index in [1.807, 2.05) is 36.4 Å². The van der Waals surface area contributed by atoms with Gasteiger partial charge in [0, 0.05) is 25.7 Å². The maximum Gasteiger partial charge on any atom is 0.324 e. The number of rotatable bonds is 5. The first-order valence-electron chi connectivity index (χ1n) is 10.5. The van der Waals surface area contributed by atoms with Gasteiger partial charge in [0.2, 0.25) is 5.95 Å². The Balaban J connectivity index is 1.43. The third-order valence-corrected chi connectivity index (χ3v) is 5.77. The number of urea groups is 1. The van der Waals surface area contributed by atoms with Crippen LogP contribution in [0.4, 0.5) is 22.1 Å². The van der Waals surface area contributed by atoms with Crippen molar-refractivity contribution >= 4 is 35.0 Å². The van der Waals surface area contributed by atoms with Gasteiger partial charge < -0.3 is 10.2 Å². The SMILES string of the molecule is CN1CCN(c2cncc(Nc3ncc(Cl)c(-c4cccc(-c5ccccc5)c4)n3)c2)C1=O. The molecule has 2 aromatic heterocycles. The lowest BCUT2D eigenvalue weighted by Gasteiger charge is -2.16. The molecule has 0 atom stereocenters. The maximum absolute atomic E-state index is 12.3. The number of hydrogen-bond donors (Lipinski definition) is 1. The van der Waals surface area contributed by atoms with E-state index in [9.17, 15) is 4.79 Å². The number of benzene rings is 2. The number of pyridine rings is 1. The highest BCUT2D eigenvalue weighted by Crippen LogP contribution is 2.31. The van der Waals surface area contributed by atoms with Crippen LogP contribution in [0.15, 0.2) is 79.3 Å². The topological polar surface area (TPSA) is 74.2 Å². The minimum atomic E-state index is -0.0442. The molecule has 1 saturated heterocycles. The number of halogens is 1. The fourth-order valence-corrected chi connectivity index (χ4v) is 3.97. The lowest BCUT2D eigenvalue weighted by atomic mass is 10.0. The minimum Gasteiger partial charge on any atom is -0.326 e. The Bertz CT molecular complexity index is 1310. The van der Waals surface area contributed by atoms with Crippen molar-refractivity contribution in [3.05, 3.63) is 84.3 Å². The standard InChI is InChI=1S/C25H21ClN6O/c1-31-10-11-32(25(31)33)21-13-20(14-27-15-21)29-24-28-16-22(26)23(30-24)19-9-5-8-18(12-19)17-6-3-2-4-7-17/h2-9,12-16H,10-11H2,1H3,(H,28,29,30). The van der Waals surface area contributed by atoms with E-state index in [1.165, 1.54) is 0 Å². The molecule has 2 aromatic carbocycles. The van der Waals surface area contributed by atoms with Crippen LogP contribution in [0, 0.1) is 0 Å². The molecule has 2 amide bonds. The van der Waals surface area contributed by atoms with E-state index in [2.05, 4.69) is 44.5 Å². The molecule has 0 spiro atoms. The molecule has 0 saturated carbocycles. The van der Waals surface area contributed by atoms with Crippen molar-refractivity contribution in [3.8, 4) is 22.4 Å². The molecule has 5 rings (SSSR count). The van der Waals surface area contributed by atoms with Crippen LogP contribution in [0.5, 0.6) is 0 Å². The summed E-state index contributed by atoms with van der Waals surface area (Å²) in [5, 5.41) is 3.64. The highest BCUT2D eigenvalue weighted by Gasteiger charge is 2.26. The molecule has 8 heteroatoms. The molecule has 1 aliphatic heterocycles. The van der Waals surface area contributed by atoms with Crippen LogP contribution in [0.3, 0.4) is 0 Å². The third-order valence-electron chi connectivity index (χ3n) is 5.50. The molecule has 4 aromatic rings. The summed E-state index contributed by atoms with van der Waals surface area (Å²) in [4.78, 5) is 28.9. The Kier molecular flexibility index (Phi) is 5.62. The molecule has 33 heavy (non-hydrogen) atoms. The zero-order valence-corrected chi connectivity index (χ0v) is 18.7. The summed E-state index contributed by atoms with van der Waals surface area (Å²) in [6, 6.07) is 20.0. The predicted molar refractivity (Wildman–Crippen MR) is 131 cm³/mol. The molecule has 3 heterocycles. The predicted octanol–water partition coefficient (Wildman–Crippen LogP) is 5.47. The smallest absolute Gasteiger partial charge is 0.324 e. The summed E-state index contributed by atoms with van der Waals surface area (Å²) in [5.74, 6) is 0.392. The second-order valence-electron chi connectivity index (χ2n) is 7.75. The number of carbonyl (C=O) groups is 1. The van der Waals surface area contributed by atoms with Gasteiger partial charge >= 0.3 is 6.03 Å². The van der Waals surface area contributed by atoms with Gasteiger partial charge in [0.1, 0.15) is 0 Å². The third kappa shape index (κ3) is 4.36. The minimum absolute atomic E-state index is 0.0442.